The van der Waals surface area contributed by atoms with Gasteiger partial charge in [-0.15, -0.1) is 0 Å². The van der Waals surface area contributed by atoms with Crippen molar-refractivity contribution in [3.8, 4) is 0 Å². The number of thiocarbonyl (C=S) groups is 1. The number of nitrogens with zero attached hydrogens (tertiary/aromatic N) is 2. The molecule has 0 aliphatic carbocycles. The van der Waals surface area contributed by atoms with E-state index in [0.717, 1.165) is 15.7 Å². The van der Waals surface area contributed by atoms with Crippen molar-refractivity contribution in [1.29, 1.82) is 0 Å². The summed E-state index contributed by atoms with van der Waals surface area (Å²) < 4.78 is 20.3. The topological polar surface area (TPSA) is 70.4 Å². The highest BCUT2D eigenvalue weighted by Gasteiger charge is 2.41. The molecule has 0 bridgehead atoms. The van der Waals surface area contributed by atoms with Crippen LogP contribution in [-0.4, -0.2) is 27.4 Å². The molecule has 2 N–H and O–H groups in total. The molecule has 9 heteroatoms. The number of carbonyl (C=O) groups excluding carboxylic acids is 1. The van der Waals surface area contributed by atoms with Crippen molar-refractivity contribution in [1.82, 2.24) is 15.2 Å². The quantitative estimate of drug-likeness (QED) is 0.259. The Morgan fingerprint density at radius 2 is 1.89 bits per heavy atom. The van der Waals surface area contributed by atoms with Crippen LogP contribution in [0.3, 0.4) is 0 Å². The lowest BCUT2D eigenvalue weighted by atomic mass is 10.0. The zero-order valence-electron chi connectivity index (χ0n) is 20.1. The van der Waals surface area contributed by atoms with Gasteiger partial charge in [-0.2, -0.15) is 0 Å². The molecule has 0 unspecified atom stereocenters. The lowest BCUT2D eigenvalue weighted by Gasteiger charge is -2.25. The summed E-state index contributed by atoms with van der Waals surface area (Å²) in [5, 5.41) is 7.25. The number of pyridine rings is 1. The van der Waals surface area contributed by atoms with E-state index < -0.39 is 5.82 Å². The number of carbonyl (C=O) groups is 1. The number of aromatic nitrogens is 1. The molecule has 188 valence electrons. The minimum atomic E-state index is -0.475. The van der Waals surface area contributed by atoms with Crippen LogP contribution in [0.5, 0.6) is 0 Å². The third kappa shape index (κ3) is 5.84. The highest BCUT2D eigenvalue weighted by atomic mass is 32.2. The third-order valence-electron chi connectivity index (χ3n) is 6.06. The van der Waals surface area contributed by atoms with Crippen LogP contribution in [0, 0.1) is 12.7 Å². The van der Waals surface area contributed by atoms with Crippen molar-refractivity contribution in [2.75, 3.05) is 11.9 Å². The maximum absolute atomic E-state index is 14.0. The van der Waals surface area contributed by atoms with E-state index in [9.17, 15) is 9.18 Å². The predicted octanol–water partition coefficient (Wildman–Crippen LogP) is 6.27. The van der Waals surface area contributed by atoms with E-state index in [-0.39, 0.29) is 30.1 Å². The van der Waals surface area contributed by atoms with Gasteiger partial charge < -0.3 is 20.0 Å². The van der Waals surface area contributed by atoms with E-state index in [2.05, 4.69) is 46.8 Å². The minimum Gasteiger partial charge on any atom is -0.452 e. The van der Waals surface area contributed by atoms with E-state index in [4.69, 9.17) is 16.6 Å². The molecule has 1 aliphatic heterocycles. The smallest absolute Gasteiger partial charge is 0.226 e. The van der Waals surface area contributed by atoms with Gasteiger partial charge in [0.15, 0.2) is 10.2 Å². The summed E-state index contributed by atoms with van der Waals surface area (Å²) >= 11 is 7.21. The number of rotatable bonds is 8. The first-order valence-corrected chi connectivity index (χ1v) is 13.1. The first-order chi connectivity index (χ1) is 18.0. The van der Waals surface area contributed by atoms with Crippen LogP contribution in [-0.2, 0) is 4.79 Å². The van der Waals surface area contributed by atoms with Gasteiger partial charge in [0.25, 0.3) is 0 Å². The van der Waals surface area contributed by atoms with Gasteiger partial charge in [-0.25, -0.2) is 4.39 Å². The molecule has 0 spiro atoms. The number of anilines is 1. The van der Waals surface area contributed by atoms with E-state index in [0.29, 0.717) is 17.4 Å². The Bertz CT molecular complexity index is 1390. The molecule has 4 aromatic rings. The van der Waals surface area contributed by atoms with Crippen LogP contribution in [0.25, 0.3) is 0 Å². The van der Waals surface area contributed by atoms with Crippen molar-refractivity contribution >= 4 is 40.7 Å². The number of furan rings is 1. The first-order valence-electron chi connectivity index (χ1n) is 11.8. The standard InChI is InChI=1S/C28H25FN4O2S2/c1-18-9-11-19(12-10-18)37-25-14-13-23(35-25)27-26(22-8-4-5-16-30-22)32-28(36)33(27)17-15-24(34)31-21-7-3-2-6-20(21)29/h2-14,16,26-27H,15,17H2,1H3,(H,31,34)(H,32,36)/t26-,27-/m1/s1. The van der Waals surface area contributed by atoms with E-state index in [1.54, 1.807) is 30.1 Å². The highest BCUT2D eigenvalue weighted by Crippen LogP contribution is 2.41. The molecule has 0 radical (unpaired) electrons. The molecule has 1 aliphatic rings. The van der Waals surface area contributed by atoms with Gasteiger partial charge in [0.05, 0.1) is 17.4 Å². The molecular weight excluding hydrogens is 507 g/mol. The van der Waals surface area contributed by atoms with E-state index >= 15 is 0 Å². The third-order valence-corrected chi connectivity index (χ3v) is 7.34. The maximum Gasteiger partial charge on any atom is 0.226 e. The molecule has 2 aromatic heterocycles. The average Bonchev–Trinajstić information content (AvgIpc) is 3.49. The number of hydrogen-bond donors (Lipinski definition) is 2. The zero-order valence-corrected chi connectivity index (χ0v) is 21.7. The normalized spacial score (nSPS) is 17.0. The van der Waals surface area contributed by atoms with Gasteiger partial charge in [0, 0.05) is 24.1 Å². The summed E-state index contributed by atoms with van der Waals surface area (Å²) in [7, 11) is 0. The van der Waals surface area contributed by atoms with Gasteiger partial charge in [0.1, 0.15) is 17.6 Å². The minimum absolute atomic E-state index is 0.118. The van der Waals surface area contributed by atoms with E-state index in [1.165, 1.54) is 17.7 Å². The van der Waals surface area contributed by atoms with Gasteiger partial charge in [-0.3, -0.25) is 9.78 Å². The number of amides is 1. The summed E-state index contributed by atoms with van der Waals surface area (Å²) in [6.45, 7) is 2.37. The van der Waals surface area contributed by atoms with Crippen molar-refractivity contribution < 1.29 is 13.6 Å². The molecular formula is C28H25FN4O2S2. The Morgan fingerprint density at radius 1 is 1.11 bits per heavy atom. The molecule has 1 amide bonds. The van der Waals surface area contributed by atoms with Crippen LogP contribution in [0.2, 0.25) is 0 Å². The molecule has 6 nitrogen and oxygen atoms in total. The highest BCUT2D eigenvalue weighted by molar-refractivity contribution is 7.99. The van der Waals surface area contributed by atoms with Crippen molar-refractivity contribution in [3.63, 3.8) is 0 Å². The van der Waals surface area contributed by atoms with Gasteiger partial charge >= 0.3 is 0 Å². The summed E-state index contributed by atoms with van der Waals surface area (Å²) in [5.41, 5.74) is 2.17. The van der Waals surface area contributed by atoms with Crippen molar-refractivity contribution in [3.05, 3.63) is 108 Å². The van der Waals surface area contributed by atoms with Crippen molar-refractivity contribution in [2.24, 2.45) is 0 Å². The molecule has 3 heterocycles. The number of nitrogens with one attached hydrogen (secondary N) is 2. The maximum atomic E-state index is 14.0. The largest absolute Gasteiger partial charge is 0.452 e. The Balaban J connectivity index is 1.36. The lowest BCUT2D eigenvalue weighted by molar-refractivity contribution is -0.116. The van der Waals surface area contributed by atoms with Crippen LogP contribution < -0.4 is 10.6 Å². The second kappa shape index (κ2) is 11.1. The fourth-order valence-corrected chi connectivity index (χ4v) is 5.33. The number of aryl methyl sites for hydroxylation is 1. The molecule has 0 saturated carbocycles. The van der Waals surface area contributed by atoms with Crippen LogP contribution in [0.4, 0.5) is 10.1 Å². The number of hydrogen-bond acceptors (Lipinski definition) is 5. The zero-order chi connectivity index (χ0) is 25.8. The van der Waals surface area contributed by atoms with Crippen LogP contribution >= 0.6 is 24.0 Å². The summed E-state index contributed by atoms with van der Waals surface area (Å²) in [5.74, 6) is -0.0633. The summed E-state index contributed by atoms with van der Waals surface area (Å²) in [4.78, 5) is 20.2. The lowest BCUT2D eigenvalue weighted by Crippen LogP contribution is -2.32. The second-order valence-electron chi connectivity index (χ2n) is 8.67. The Kier molecular flexibility index (Phi) is 7.52. The fraction of sp³-hybridized carbons (Fsp3) is 0.179. The van der Waals surface area contributed by atoms with E-state index in [1.807, 2.05) is 35.2 Å². The number of para-hydroxylation sites is 1. The Morgan fingerprint density at radius 3 is 2.65 bits per heavy atom. The van der Waals surface area contributed by atoms with Gasteiger partial charge in [-0.1, -0.05) is 47.7 Å². The Hall–Kier alpha value is -3.69. The Labute approximate surface area is 224 Å². The number of benzene rings is 2. The molecule has 2 atom stereocenters. The van der Waals surface area contributed by atoms with Crippen LogP contribution in [0.1, 0.15) is 35.5 Å². The monoisotopic (exact) mass is 532 g/mol. The fourth-order valence-electron chi connectivity index (χ4n) is 4.22. The van der Waals surface area contributed by atoms with Crippen molar-refractivity contribution in [2.45, 2.75) is 35.4 Å². The predicted molar refractivity (Wildman–Crippen MR) is 146 cm³/mol. The molecule has 2 aromatic carbocycles. The molecule has 5 rings (SSSR count). The molecule has 37 heavy (non-hydrogen) atoms. The SMILES string of the molecule is Cc1ccc(Sc2ccc([C@@H]3[C@@H](c4ccccn4)NC(=S)N3CCC(=O)Nc3ccccc3F)o2)cc1. The first kappa shape index (κ1) is 25.0. The second-order valence-corrected chi connectivity index (χ2v) is 10.1. The average molecular weight is 533 g/mol. The molecule has 1 saturated heterocycles. The number of halogens is 1. The molecule has 1 fully saturated rings. The van der Waals surface area contributed by atoms with Gasteiger partial charge in [0.2, 0.25) is 5.91 Å². The summed E-state index contributed by atoms with van der Waals surface area (Å²) in [6, 6.07) is 23.4. The summed E-state index contributed by atoms with van der Waals surface area (Å²) in [6.07, 6.45) is 1.86. The van der Waals surface area contributed by atoms with Crippen LogP contribution in [0.15, 0.2) is 99.5 Å². The van der Waals surface area contributed by atoms with Gasteiger partial charge in [-0.05, 0) is 67.7 Å².